The Labute approximate surface area is 82.5 Å². The summed E-state index contributed by atoms with van der Waals surface area (Å²) in [6.07, 6.45) is 10.1. The van der Waals surface area contributed by atoms with Crippen molar-refractivity contribution in [3.05, 3.63) is 22.7 Å². The molecule has 3 heteroatoms. The van der Waals surface area contributed by atoms with E-state index in [0.29, 0.717) is 0 Å². The van der Waals surface area contributed by atoms with E-state index in [1.165, 1.54) is 0 Å². The Morgan fingerprint density at radius 3 is 2.46 bits per heavy atom. The Balaban J connectivity index is 2.64. The molecule has 0 aromatic rings. The monoisotopic (exact) mass is 224 g/mol. The van der Waals surface area contributed by atoms with Gasteiger partial charge in [-0.05, 0) is 0 Å². The van der Waals surface area contributed by atoms with Gasteiger partial charge >= 0.3 is 82.1 Å². The molecule has 0 atom stereocenters. The van der Waals surface area contributed by atoms with E-state index in [1.807, 2.05) is 0 Å². The maximum atomic E-state index is 10.6. The minimum absolute atomic E-state index is 0.789. The van der Waals surface area contributed by atoms with Gasteiger partial charge in [0, 0.05) is 0 Å². The molecule has 0 aliphatic heterocycles. The third-order valence-electron chi connectivity index (χ3n) is 1.81. The van der Waals surface area contributed by atoms with Crippen LogP contribution in [0, 0.1) is 0 Å². The van der Waals surface area contributed by atoms with Crippen LogP contribution in [0.2, 0.25) is 0 Å². The average molecular weight is 224 g/mol. The molecule has 0 aromatic carbocycles. The molecular weight excluding hydrogens is 211 g/mol. The standard InChI is InChI=1S/C8H11.2CHO.Co/c1-2-4-6-8-7-5-3-1;2*1-2;/h1-2,7H,3-6H2;2*1H;. The Morgan fingerprint density at radius 2 is 1.77 bits per heavy atom. The van der Waals surface area contributed by atoms with Crippen LogP contribution >= 0.6 is 0 Å². The van der Waals surface area contributed by atoms with Crippen molar-refractivity contribution < 1.29 is 23.2 Å². The van der Waals surface area contributed by atoms with Crippen molar-refractivity contribution in [3.8, 4) is 0 Å². The number of allylic oxidation sites excluding steroid dienone is 4. The first kappa shape index (κ1) is 10.4. The number of carbonyl (C=O) groups excluding carboxylic acids is 2. The van der Waals surface area contributed by atoms with Crippen molar-refractivity contribution in [2.45, 2.75) is 25.7 Å². The van der Waals surface area contributed by atoms with Gasteiger partial charge in [-0.2, -0.15) is 0 Å². The Bertz CT molecular complexity index is 235. The second-order valence-corrected chi connectivity index (χ2v) is 4.78. The summed E-state index contributed by atoms with van der Waals surface area (Å²) in [5.41, 5.74) is 0. The predicted molar refractivity (Wildman–Crippen MR) is 49.2 cm³/mol. The first-order valence-electron chi connectivity index (χ1n) is 4.22. The first-order valence-corrected chi connectivity index (χ1v) is 5.95. The van der Waals surface area contributed by atoms with Gasteiger partial charge in [-0.1, -0.05) is 0 Å². The van der Waals surface area contributed by atoms with E-state index in [4.69, 9.17) is 0 Å². The molecule has 0 amide bonds. The molecule has 1 aliphatic carbocycles. The number of hydrogen-bond donors (Lipinski definition) is 0. The fraction of sp³-hybridized carbons (Fsp3) is 0.400. The predicted octanol–water partition coefficient (Wildman–Crippen LogP) is 2.00. The Morgan fingerprint density at radius 1 is 1.08 bits per heavy atom. The zero-order chi connectivity index (χ0) is 9.52. The molecule has 13 heavy (non-hydrogen) atoms. The summed E-state index contributed by atoms with van der Waals surface area (Å²) in [6, 6.07) is 0. The number of hydrogen-bond acceptors (Lipinski definition) is 2. The molecule has 0 bridgehead atoms. The van der Waals surface area contributed by atoms with Crippen molar-refractivity contribution in [1.29, 1.82) is 0 Å². The quantitative estimate of drug-likeness (QED) is 0.542. The molecule has 0 saturated carbocycles. The van der Waals surface area contributed by atoms with E-state index in [1.54, 1.807) is 0 Å². The van der Waals surface area contributed by atoms with Gasteiger partial charge in [0.25, 0.3) is 0 Å². The van der Waals surface area contributed by atoms with Crippen molar-refractivity contribution >= 4 is 10.4 Å². The van der Waals surface area contributed by atoms with Gasteiger partial charge in [-0.15, -0.1) is 0 Å². The van der Waals surface area contributed by atoms with E-state index < -0.39 is 13.7 Å². The zero-order valence-corrected chi connectivity index (χ0v) is 8.41. The van der Waals surface area contributed by atoms with Gasteiger partial charge in [-0.25, -0.2) is 0 Å². The molecule has 0 heterocycles. The van der Waals surface area contributed by atoms with Crippen LogP contribution in [0.1, 0.15) is 25.7 Å². The summed E-state index contributed by atoms with van der Waals surface area (Å²) >= 11 is -1.11. The summed E-state index contributed by atoms with van der Waals surface area (Å²) in [5.74, 6) is 0. The van der Waals surface area contributed by atoms with Crippen LogP contribution in [0.15, 0.2) is 22.7 Å². The van der Waals surface area contributed by atoms with E-state index in [2.05, 4.69) is 18.2 Å². The summed E-state index contributed by atoms with van der Waals surface area (Å²) in [7, 11) is 0. The van der Waals surface area contributed by atoms with Crippen LogP contribution in [0.4, 0.5) is 0 Å². The molecule has 74 valence electrons. The molecule has 1 aliphatic rings. The van der Waals surface area contributed by atoms with E-state index in [0.717, 1.165) is 40.6 Å². The van der Waals surface area contributed by atoms with Crippen molar-refractivity contribution in [1.82, 2.24) is 0 Å². The molecule has 0 radical (unpaired) electrons. The van der Waals surface area contributed by atoms with Crippen LogP contribution in [0.3, 0.4) is 0 Å². The van der Waals surface area contributed by atoms with Crippen molar-refractivity contribution in [2.24, 2.45) is 0 Å². The Hall–Kier alpha value is -0.674. The van der Waals surface area contributed by atoms with Crippen LogP contribution in [-0.4, -0.2) is 10.4 Å². The summed E-state index contributed by atoms with van der Waals surface area (Å²) < 4.78 is 1.04. The summed E-state index contributed by atoms with van der Waals surface area (Å²) in [4.78, 5) is 21.1. The molecule has 0 unspecified atom stereocenters. The number of rotatable bonds is 3. The van der Waals surface area contributed by atoms with E-state index in [9.17, 15) is 9.59 Å². The molecule has 0 aromatic heterocycles. The van der Waals surface area contributed by atoms with E-state index in [-0.39, 0.29) is 0 Å². The normalized spacial score (nSPS) is 18.2. The summed E-state index contributed by atoms with van der Waals surface area (Å²) in [6.45, 7) is 0. The van der Waals surface area contributed by atoms with Crippen LogP contribution in [0.5, 0.6) is 0 Å². The van der Waals surface area contributed by atoms with Gasteiger partial charge in [-0.3, -0.25) is 0 Å². The topological polar surface area (TPSA) is 34.1 Å². The van der Waals surface area contributed by atoms with Gasteiger partial charge in [0.1, 0.15) is 0 Å². The minimum atomic E-state index is -1.11. The maximum absolute atomic E-state index is 10.6. The van der Waals surface area contributed by atoms with Gasteiger partial charge in [0.15, 0.2) is 0 Å². The molecule has 0 fully saturated rings. The van der Waals surface area contributed by atoms with Crippen LogP contribution in [-0.2, 0) is 23.2 Å². The van der Waals surface area contributed by atoms with Gasteiger partial charge in [0.2, 0.25) is 0 Å². The average Bonchev–Trinajstić information content (AvgIpc) is 2.09. The van der Waals surface area contributed by atoms with Gasteiger partial charge < -0.3 is 0 Å². The molecule has 2 nitrogen and oxygen atoms in total. The number of carbonyl (C=O) groups is 2. The van der Waals surface area contributed by atoms with Crippen LogP contribution in [0.25, 0.3) is 0 Å². The Kier molecular flexibility index (Phi) is 4.71. The van der Waals surface area contributed by atoms with Crippen molar-refractivity contribution in [2.75, 3.05) is 0 Å². The summed E-state index contributed by atoms with van der Waals surface area (Å²) in [5, 5.41) is 1.58. The molecule has 0 saturated heterocycles. The molecule has 1 rings (SSSR count). The second-order valence-electron chi connectivity index (χ2n) is 2.67. The third kappa shape index (κ3) is 3.28. The van der Waals surface area contributed by atoms with Crippen LogP contribution < -0.4 is 0 Å². The fourth-order valence-corrected chi connectivity index (χ4v) is 2.40. The van der Waals surface area contributed by atoms with Gasteiger partial charge in [0.05, 0.1) is 0 Å². The molecule has 0 N–H and O–H groups in total. The first-order chi connectivity index (χ1) is 6.38. The fourth-order valence-electron chi connectivity index (χ4n) is 1.18. The molecule has 0 spiro atoms. The third-order valence-corrected chi connectivity index (χ3v) is 3.59. The SMILES string of the molecule is O=[CH][Co]([CH]=O)[C]1=CCCC=CCC1. The van der Waals surface area contributed by atoms with E-state index >= 15 is 0 Å². The zero-order valence-electron chi connectivity index (χ0n) is 7.37. The van der Waals surface area contributed by atoms with Crippen molar-refractivity contribution in [3.63, 3.8) is 0 Å². The second kappa shape index (κ2) is 5.88. The molecular formula is C10H13CoO2.